The van der Waals surface area contributed by atoms with Gasteiger partial charge in [-0.25, -0.2) is 17.9 Å². The predicted octanol–water partition coefficient (Wildman–Crippen LogP) is 3.63. The lowest BCUT2D eigenvalue weighted by molar-refractivity contribution is 0.0687. The number of hydrogen-bond donors (Lipinski definition) is 1. The Hall–Kier alpha value is -2.85. The molecule has 1 aromatic carbocycles. The Morgan fingerprint density at radius 2 is 2.17 bits per heavy atom. The molecule has 8 nitrogen and oxygen atoms in total. The molecule has 158 valence electrons. The number of nitrogens with zero attached hydrogens (tertiary/aromatic N) is 2. The molecule has 1 N–H and O–H groups in total. The molecule has 0 spiro atoms. The van der Waals surface area contributed by atoms with E-state index in [0.29, 0.717) is 28.3 Å². The van der Waals surface area contributed by atoms with Crippen LogP contribution in [0, 0.1) is 5.92 Å². The van der Waals surface area contributed by atoms with E-state index in [1.807, 2.05) is 30.7 Å². The van der Waals surface area contributed by atoms with E-state index < -0.39 is 15.8 Å². The summed E-state index contributed by atoms with van der Waals surface area (Å²) in [7, 11) is -2.23. The molecule has 4 rings (SSSR count). The summed E-state index contributed by atoms with van der Waals surface area (Å²) in [4.78, 5) is 11.8. The number of aromatic carboxylic acids is 1. The highest BCUT2D eigenvalue weighted by molar-refractivity contribution is 7.91. The first kappa shape index (κ1) is 20.4. The molecule has 10 heteroatoms. The van der Waals surface area contributed by atoms with Crippen molar-refractivity contribution in [3.05, 3.63) is 40.2 Å². The second-order valence-corrected chi connectivity index (χ2v) is 10.1. The minimum absolute atomic E-state index is 0.00927. The van der Waals surface area contributed by atoms with Crippen LogP contribution >= 0.6 is 11.3 Å². The van der Waals surface area contributed by atoms with Gasteiger partial charge in [0.15, 0.2) is 15.5 Å². The molecule has 3 heterocycles. The molecule has 3 aromatic rings. The van der Waals surface area contributed by atoms with Crippen molar-refractivity contribution in [3.63, 3.8) is 0 Å². The number of fused-ring (bicyclic) bond motifs is 3. The number of hydrogen-bond acceptors (Lipinski definition) is 7. The Morgan fingerprint density at radius 1 is 1.40 bits per heavy atom. The van der Waals surface area contributed by atoms with Gasteiger partial charge in [0.05, 0.1) is 29.8 Å². The van der Waals surface area contributed by atoms with Gasteiger partial charge in [0.2, 0.25) is 0 Å². The zero-order chi connectivity index (χ0) is 21.6. The van der Waals surface area contributed by atoms with Gasteiger partial charge >= 0.3 is 5.97 Å². The number of carbonyl (C=O) groups is 1. The number of sulfone groups is 1. The number of carboxylic acids is 1. The normalized spacial score (nSPS) is 12.9. The van der Waals surface area contributed by atoms with Gasteiger partial charge in [-0.15, -0.1) is 0 Å². The molecule has 0 saturated carbocycles. The highest BCUT2D eigenvalue weighted by atomic mass is 32.2. The first-order valence-electron chi connectivity index (χ1n) is 9.18. The van der Waals surface area contributed by atoms with E-state index >= 15 is 0 Å². The quantitative estimate of drug-likeness (QED) is 0.613. The summed E-state index contributed by atoms with van der Waals surface area (Å²) >= 11 is 1.45. The van der Waals surface area contributed by atoms with Crippen molar-refractivity contribution in [3.8, 4) is 28.4 Å². The second kappa shape index (κ2) is 7.44. The van der Waals surface area contributed by atoms with Crippen LogP contribution in [0.15, 0.2) is 33.9 Å². The minimum Gasteiger partial charge on any atom is -0.495 e. The number of ether oxygens (including phenoxy) is 2. The molecule has 1 aliphatic heterocycles. The molecular weight excluding hydrogens is 428 g/mol. The number of thiophene rings is 1. The fraction of sp³-hybridized carbons (Fsp3) is 0.300. The maximum Gasteiger partial charge on any atom is 0.356 e. The van der Waals surface area contributed by atoms with E-state index in [4.69, 9.17) is 9.47 Å². The molecule has 0 unspecified atom stereocenters. The monoisotopic (exact) mass is 448 g/mol. The summed E-state index contributed by atoms with van der Waals surface area (Å²) in [5.74, 6) is -0.681. The zero-order valence-electron chi connectivity index (χ0n) is 16.6. The van der Waals surface area contributed by atoms with Crippen LogP contribution in [0.25, 0.3) is 16.9 Å². The maximum atomic E-state index is 13.0. The van der Waals surface area contributed by atoms with Gasteiger partial charge in [-0.3, -0.25) is 0 Å². The van der Waals surface area contributed by atoms with E-state index in [-0.39, 0.29) is 34.6 Å². The lowest BCUT2D eigenvalue weighted by Crippen LogP contribution is -2.15. The van der Waals surface area contributed by atoms with Gasteiger partial charge < -0.3 is 14.6 Å². The van der Waals surface area contributed by atoms with Crippen molar-refractivity contribution in [1.82, 2.24) is 9.78 Å². The predicted molar refractivity (Wildman–Crippen MR) is 112 cm³/mol. The van der Waals surface area contributed by atoms with Crippen molar-refractivity contribution in [2.45, 2.75) is 25.3 Å². The summed E-state index contributed by atoms with van der Waals surface area (Å²) in [6.07, 6.45) is 0. The highest BCUT2D eigenvalue weighted by Crippen LogP contribution is 2.44. The lowest BCUT2D eigenvalue weighted by atomic mass is 10.0. The Bertz CT molecular complexity index is 1230. The van der Waals surface area contributed by atoms with E-state index in [0.717, 1.165) is 0 Å². The number of aromatic nitrogens is 2. The summed E-state index contributed by atoms with van der Waals surface area (Å²) in [6, 6.07) is 4.86. The average molecular weight is 449 g/mol. The second-order valence-electron chi connectivity index (χ2n) is 7.34. The fourth-order valence-corrected chi connectivity index (χ4v) is 5.94. The topological polar surface area (TPSA) is 108 Å². The van der Waals surface area contributed by atoms with Crippen molar-refractivity contribution >= 4 is 27.1 Å². The highest BCUT2D eigenvalue weighted by Gasteiger charge is 2.33. The van der Waals surface area contributed by atoms with Crippen LogP contribution in [0.3, 0.4) is 0 Å². The van der Waals surface area contributed by atoms with Gasteiger partial charge in [-0.2, -0.15) is 16.4 Å². The molecule has 0 amide bonds. The van der Waals surface area contributed by atoms with Crippen molar-refractivity contribution < 1.29 is 27.8 Å². The Balaban J connectivity index is 2.00. The molecule has 0 radical (unpaired) electrons. The van der Waals surface area contributed by atoms with Gasteiger partial charge in [-0.05, 0) is 23.4 Å². The first-order chi connectivity index (χ1) is 14.2. The number of methoxy groups -OCH3 is 1. The van der Waals surface area contributed by atoms with Crippen molar-refractivity contribution in [2.75, 3.05) is 12.9 Å². The largest absolute Gasteiger partial charge is 0.495 e. The molecular formula is C20H20N2O6S2. The van der Waals surface area contributed by atoms with Crippen LogP contribution in [-0.4, -0.2) is 42.1 Å². The standard InChI is InChI=1S/C20H20N2O6S2/c1-11(2)10-30(25,26)17-6-13-15(7-16(17)27-3)28-8-14-18(20(23)24)21-22(19(13)14)12-4-5-29-9-12/h4-7,9,11H,8,10H2,1-3H3,(H,23,24). The minimum atomic E-state index is -3.64. The van der Waals surface area contributed by atoms with Crippen LogP contribution in [0.5, 0.6) is 11.5 Å². The summed E-state index contributed by atoms with van der Waals surface area (Å²) in [5.41, 5.74) is 1.95. The van der Waals surface area contributed by atoms with Crippen LogP contribution in [0.2, 0.25) is 0 Å². The lowest BCUT2D eigenvalue weighted by Gasteiger charge is -2.22. The van der Waals surface area contributed by atoms with E-state index in [1.54, 1.807) is 0 Å². The third-order valence-electron chi connectivity index (χ3n) is 4.72. The average Bonchev–Trinajstić information content (AvgIpc) is 3.33. The molecule has 0 fully saturated rings. The van der Waals surface area contributed by atoms with Gasteiger partial charge in [0, 0.05) is 17.0 Å². The maximum absolute atomic E-state index is 13.0. The third-order valence-corrected chi connectivity index (χ3v) is 7.48. The number of rotatable bonds is 6. The smallest absolute Gasteiger partial charge is 0.356 e. The first-order valence-corrected chi connectivity index (χ1v) is 11.8. The molecule has 0 saturated heterocycles. The SMILES string of the molecule is COc1cc2c(cc1S(=O)(=O)CC(C)C)-c1c(c(C(=O)O)nn1-c1ccsc1)CO2. The van der Waals surface area contributed by atoms with Gasteiger partial charge in [0.25, 0.3) is 0 Å². The third kappa shape index (κ3) is 3.35. The van der Waals surface area contributed by atoms with Crippen LogP contribution in [0.1, 0.15) is 29.9 Å². The molecule has 0 aliphatic carbocycles. The van der Waals surface area contributed by atoms with Crippen molar-refractivity contribution in [2.24, 2.45) is 5.92 Å². The Morgan fingerprint density at radius 3 is 2.77 bits per heavy atom. The molecule has 30 heavy (non-hydrogen) atoms. The Kier molecular flexibility index (Phi) is 5.07. The molecule has 0 atom stereocenters. The van der Waals surface area contributed by atoms with Crippen molar-refractivity contribution in [1.29, 1.82) is 0 Å². The van der Waals surface area contributed by atoms with E-state index in [1.165, 1.54) is 35.3 Å². The number of benzene rings is 1. The zero-order valence-corrected chi connectivity index (χ0v) is 18.2. The Labute approximate surface area is 177 Å². The van der Waals surface area contributed by atoms with Crippen LogP contribution < -0.4 is 9.47 Å². The van der Waals surface area contributed by atoms with Crippen LogP contribution in [0.4, 0.5) is 0 Å². The van der Waals surface area contributed by atoms with Crippen LogP contribution in [-0.2, 0) is 16.4 Å². The van der Waals surface area contributed by atoms with E-state index in [2.05, 4.69) is 5.10 Å². The number of carboxylic acid groups (broad SMARTS) is 1. The summed E-state index contributed by atoms with van der Waals surface area (Å²) in [5, 5.41) is 17.6. The van der Waals surface area contributed by atoms with Gasteiger partial charge in [-0.1, -0.05) is 13.8 Å². The fourth-order valence-electron chi connectivity index (χ4n) is 3.53. The molecule has 0 bridgehead atoms. The summed E-state index contributed by atoms with van der Waals surface area (Å²) < 4.78 is 38.7. The van der Waals surface area contributed by atoms with Gasteiger partial charge in [0.1, 0.15) is 23.0 Å². The summed E-state index contributed by atoms with van der Waals surface area (Å²) in [6.45, 7) is 3.66. The molecule has 1 aliphatic rings. The van der Waals surface area contributed by atoms with E-state index in [9.17, 15) is 18.3 Å². The molecule has 2 aromatic heterocycles.